The number of hydrazone groups is 1. The van der Waals surface area contributed by atoms with E-state index in [1.165, 1.54) is 36.0 Å². The lowest BCUT2D eigenvalue weighted by molar-refractivity contribution is 0.566. The lowest BCUT2D eigenvalue weighted by atomic mass is 9.80. The smallest absolute Gasteiger partial charge is 0.184 e. The Labute approximate surface area is 168 Å². The van der Waals surface area contributed by atoms with Crippen LogP contribution < -0.4 is 11.2 Å². The van der Waals surface area contributed by atoms with E-state index in [9.17, 15) is 8.78 Å². The third-order valence-electron chi connectivity index (χ3n) is 4.03. The summed E-state index contributed by atoms with van der Waals surface area (Å²) in [5, 5.41) is 3.97. The average Bonchev–Trinajstić information content (AvgIpc) is 2.59. The van der Waals surface area contributed by atoms with E-state index in [1.807, 2.05) is 0 Å². The van der Waals surface area contributed by atoms with Crippen LogP contribution in [0.1, 0.15) is 11.1 Å². The third-order valence-corrected chi connectivity index (χ3v) is 6.31. The maximum Gasteiger partial charge on any atom is 0.184 e. The summed E-state index contributed by atoms with van der Waals surface area (Å²) in [5.74, 6) is -0.756. The minimum absolute atomic E-state index is 0.0150. The minimum Gasteiger partial charge on any atom is -0.375 e. The van der Waals surface area contributed by atoms with Gasteiger partial charge in [-0.1, -0.05) is 17.7 Å². The summed E-state index contributed by atoms with van der Waals surface area (Å²) in [6.45, 7) is 0. The Bertz CT molecular complexity index is 894. The Balaban J connectivity index is 2.15. The monoisotopic (exact) mass is 431 g/mol. The fourth-order valence-corrected chi connectivity index (χ4v) is 4.86. The number of thiocarbonyl (C=S) groups is 1. The van der Waals surface area contributed by atoms with E-state index < -0.39 is 16.5 Å². The number of nitrogens with zero attached hydrogens (tertiary/aromatic N) is 1. The van der Waals surface area contributed by atoms with Crippen molar-refractivity contribution in [1.82, 2.24) is 5.43 Å². The van der Waals surface area contributed by atoms with Gasteiger partial charge in [0.1, 0.15) is 16.5 Å². The molecule has 3 rings (SSSR count). The van der Waals surface area contributed by atoms with Gasteiger partial charge in [-0.2, -0.15) is 5.10 Å². The standard InChI is InChI=1S/C17H13Cl2F2N3S2/c18-13-5-9(1-3-14(13)21)17(19)10(7-23-24-16(22)25)8-26-15-4-2-11(20)6-12(15)17/h1-7,10H,8H2,(H3,22,24,25). The molecule has 3 nitrogen and oxygen atoms in total. The molecule has 2 aromatic rings. The van der Waals surface area contributed by atoms with E-state index in [0.29, 0.717) is 16.9 Å². The Hall–Kier alpha value is -1.41. The van der Waals surface area contributed by atoms with Gasteiger partial charge in [0.05, 0.1) is 5.02 Å². The average molecular weight is 432 g/mol. The number of hydrogen-bond acceptors (Lipinski definition) is 3. The summed E-state index contributed by atoms with van der Waals surface area (Å²) < 4.78 is 27.6. The van der Waals surface area contributed by atoms with Gasteiger partial charge in [-0.15, -0.1) is 23.4 Å². The first-order valence-electron chi connectivity index (χ1n) is 7.48. The van der Waals surface area contributed by atoms with Crippen LogP contribution >= 0.6 is 47.2 Å². The Morgan fingerprint density at radius 1 is 1.35 bits per heavy atom. The summed E-state index contributed by atoms with van der Waals surface area (Å²) in [6.07, 6.45) is 1.57. The predicted octanol–water partition coefficient (Wildman–Crippen LogP) is 4.64. The van der Waals surface area contributed by atoms with Gasteiger partial charge in [-0.05, 0) is 53.7 Å². The molecule has 3 N–H and O–H groups in total. The van der Waals surface area contributed by atoms with Crippen molar-refractivity contribution < 1.29 is 8.78 Å². The first-order chi connectivity index (χ1) is 12.3. The highest BCUT2D eigenvalue weighted by molar-refractivity contribution is 7.99. The number of rotatable bonds is 3. The highest BCUT2D eigenvalue weighted by Crippen LogP contribution is 2.52. The second kappa shape index (κ2) is 7.68. The molecule has 0 bridgehead atoms. The van der Waals surface area contributed by atoms with Gasteiger partial charge in [-0.3, -0.25) is 5.43 Å². The van der Waals surface area contributed by atoms with Crippen molar-refractivity contribution in [3.05, 3.63) is 64.2 Å². The number of benzene rings is 2. The van der Waals surface area contributed by atoms with Crippen molar-refractivity contribution in [2.24, 2.45) is 16.8 Å². The summed E-state index contributed by atoms with van der Waals surface area (Å²) >= 11 is 19.3. The van der Waals surface area contributed by atoms with Gasteiger partial charge >= 0.3 is 0 Å². The molecule has 0 spiro atoms. The lowest BCUT2D eigenvalue weighted by Gasteiger charge is -2.39. The first kappa shape index (κ1) is 19.4. The molecule has 26 heavy (non-hydrogen) atoms. The van der Waals surface area contributed by atoms with Crippen LogP contribution in [-0.4, -0.2) is 17.1 Å². The normalized spacial score (nSPS) is 22.2. The van der Waals surface area contributed by atoms with Crippen molar-refractivity contribution >= 4 is 58.5 Å². The zero-order chi connectivity index (χ0) is 18.9. The molecule has 0 fully saturated rings. The van der Waals surface area contributed by atoms with Crippen LogP contribution in [0.3, 0.4) is 0 Å². The predicted molar refractivity (Wildman–Crippen MR) is 107 cm³/mol. The van der Waals surface area contributed by atoms with Gasteiger partial charge in [0.2, 0.25) is 0 Å². The maximum absolute atomic E-state index is 13.9. The van der Waals surface area contributed by atoms with E-state index in [4.69, 9.17) is 41.2 Å². The van der Waals surface area contributed by atoms with E-state index in [0.717, 1.165) is 4.90 Å². The number of alkyl halides is 1. The number of fused-ring (bicyclic) bond motifs is 1. The van der Waals surface area contributed by atoms with Crippen LogP contribution in [0.5, 0.6) is 0 Å². The van der Waals surface area contributed by atoms with Crippen LogP contribution in [0.25, 0.3) is 0 Å². The molecule has 9 heteroatoms. The molecule has 136 valence electrons. The number of halogens is 4. The maximum atomic E-state index is 13.9. The zero-order valence-corrected chi connectivity index (χ0v) is 16.3. The van der Waals surface area contributed by atoms with Gasteiger partial charge in [0.15, 0.2) is 5.11 Å². The van der Waals surface area contributed by atoms with Crippen molar-refractivity contribution in [2.45, 2.75) is 9.77 Å². The number of nitrogens with one attached hydrogen (secondary N) is 1. The van der Waals surface area contributed by atoms with Gasteiger partial charge in [-0.25, -0.2) is 8.78 Å². The van der Waals surface area contributed by atoms with Crippen LogP contribution in [0, 0.1) is 17.6 Å². The molecule has 0 radical (unpaired) electrons. The van der Waals surface area contributed by atoms with E-state index >= 15 is 0 Å². The second-order valence-electron chi connectivity index (χ2n) is 5.65. The molecule has 1 aliphatic rings. The molecule has 1 heterocycles. The molecular weight excluding hydrogens is 419 g/mol. The van der Waals surface area contributed by atoms with Crippen molar-refractivity contribution in [3.63, 3.8) is 0 Å². The van der Waals surface area contributed by atoms with E-state index in [2.05, 4.69) is 10.5 Å². The van der Waals surface area contributed by atoms with E-state index in [1.54, 1.807) is 18.3 Å². The van der Waals surface area contributed by atoms with Gasteiger partial charge in [0.25, 0.3) is 0 Å². The number of nitrogens with two attached hydrogens (primary N) is 1. The molecule has 1 aliphatic heterocycles. The van der Waals surface area contributed by atoms with E-state index in [-0.39, 0.29) is 16.1 Å². The molecule has 2 aromatic carbocycles. The highest BCUT2D eigenvalue weighted by Gasteiger charge is 2.44. The van der Waals surface area contributed by atoms with Crippen LogP contribution in [0.15, 0.2) is 46.4 Å². The lowest BCUT2D eigenvalue weighted by Crippen LogP contribution is -2.38. The summed E-state index contributed by atoms with van der Waals surface area (Å²) in [6, 6.07) is 8.68. The molecule has 0 saturated carbocycles. The fraction of sp³-hybridized carbons (Fsp3) is 0.176. The minimum atomic E-state index is -1.18. The largest absolute Gasteiger partial charge is 0.375 e. The number of thioether (sulfide) groups is 1. The molecule has 0 amide bonds. The summed E-state index contributed by atoms with van der Waals surface area (Å²) in [4.78, 5) is -0.338. The molecular formula is C17H13Cl2F2N3S2. The van der Waals surface area contributed by atoms with Crippen LogP contribution in [0.2, 0.25) is 5.02 Å². The number of hydrogen-bond donors (Lipinski definition) is 2. The van der Waals surface area contributed by atoms with Crippen molar-refractivity contribution in [2.75, 3.05) is 5.75 Å². The SMILES string of the molecule is NC(=S)NN=CC1CSc2ccc(F)cc2C1(Cl)c1ccc(F)c(Cl)c1. The summed E-state index contributed by atoms with van der Waals surface area (Å²) in [5.41, 5.74) is 8.99. The second-order valence-corrected chi connectivity index (χ2v) is 8.16. The topological polar surface area (TPSA) is 50.4 Å². The first-order valence-corrected chi connectivity index (χ1v) is 9.63. The molecule has 2 unspecified atom stereocenters. The molecule has 2 atom stereocenters. The molecule has 0 aromatic heterocycles. The van der Waals surface area contributed by atoms with Crippen LogP contribution in [0.4, 0.5) is 8.78 Å². The third kappa shape index (κ3) is 3.67. The molecule has 0 saturated heterocycles. The van der Waals surface area contributed by atoms with Crippen molar-refractivity contribution in [3.8, 4) is 0 Å². The van der Waals surface area contributed by atoms with Gasteiger partial charge < -0.3 is 5.73 Å². The fourth-order valence-electron chi connectivity index (χ4n) is 2.84. The Morgan fingerprint density at radius 2 is 2.12 bits per heavy atom. The Morgan fingerprint density at radius 3 is 2.81 bits per heavy atom. The van der Waals surface area contributed by atoms with Crippen molar-refractivity contribution in [1.29, 1.82) is 0 Å². The summed E-state index contributed by atoms with van der Waals surface area (Å²) in [7, 11) is 0. The highest BCUT2D eigenvalue weighted by atomic mass is 35.5. The quantitative estimate of drug-likeness (QED) is 0.321. The van der Waals surface area contributed by atoms with Gasteiger partial charge in [0, 0.05) is 22.8 Å². The Kier molecular flexibility index (Phi) is 5.72. The zero-order valence-electron chi connectivity index (χ0n) is 13.2. The molecule has 0 aliphatic carbocycles. The van der Waals surface area contributed by atoms with Crippen LogP contribution in [-0.2, 0) is 4.87 Å².